The number of aromatic nitrogens is 2. The van der Waals surface area contributed by atoms with Crippen LogP contribution in [0.3, 0.4) is 0 Å². The molecule has 0 fully saturated rings. The normalized spacial score (nSPS) is 11.0. The zero-order valence-corrected chi connectivity index (χ0v) is 9.15. The number of nitrogens with one attached hydrogen (secondary N) is 1. The van der Waals surface area contributed by atoms with Gasteiger partial charge in [-0.05, 0) is 24.3 Å². The maximum atomic E-state index is 13.7. The van der Waals surface area contributed by atoms with E-state index in [9.17, 15) is 13.6 Å². The fourth-order valence-corrected chi connectivity index (χ4v) is 1.97. The lowest BCUT2D eigenvalue weighted by Crippen LogP contribution is -2.15. The minimum absolute atomic E-state index is 0.0748. The van der Waals surface area contributed by atoms with E-state index in [1.807, 2.05) is 0 Å². The molecule has 3 rings (SSSR count). The fourth-order valence-electron chi connectivity index (χ4n) is 1.97. The summed E-state index contributed by atoms with van der Waals surface area (Å²) in [6.45, 7) is 0. The molecule has 90 valence electrons. The number of hydrogen-bond acceptors (Lipinski definition) is 1. The van der Waals surface area contributed by atoms with E-state index in [-0.39, 0.29) is 11.2 Å². The second-order valence-electron chi connectivity index (χ2n) is 3.85. The van der Waals surface area contributed by atoms with Crippen molar-refractivity contribution in [1.29, 1.82) is 0 Å². The van der Waals surface area contributed by atoms with Crippen LogP contribution in [0.4, 0.5) is 8.78 Å². The van der Waals surface area contributed by atoms with Crippen LogP contribution in [0, 0.1) is 11.6 Å². The van der Waals surface area contributed by atoms with E-state index < -0.39 is 17.3 Å². The molecule has 0 radical (unpaired) electrons. The maximum Gasteiger partial charge on any atom is 0.331 e. The highest BCUT2D eigenvalue weighted by Crippen LogP contribution is 2.19. The Balaban J connectivity index is 2.44. The van der Waals surface area contributed by atoms with E-state index in [4.69, 9.17) is 0 Å². The molecule has 0 atom stereocenters. The van der Waals surface area contributed by atoms with Crippen molar-refractivity contribution in [2.45, 2.75) is 0 Å². The van der Waals surface area contributed by atoms with Crippen LogP contribution in [0.25, 0.3) is 16.7 Å². The third-order valence-electron chi connectivity index (χ3n) is 2.76. The lowest BCUT2D eigenvalue weighted by molar-refractivity contribution is 0.618. The average molecular weight is 246 g/mol. The Labute approximate surface area is 100 Å². The Kier molecular flexibility index (Phi) is 2.26. The summed E-state index contributed by atoms with van der Waals surface area (Å²) in [7, 11) is 0. The van der Waals surface area contributed by atoms with Gasteiger partial charge in [-0.3, -0.25) is 4.57 Å². The molecule has 1 heterocycles. The van der Waals surface area contributed by atoms with E-state index in [2.05, 4.69) is 4.98 Å². The van der Waals surface area contributed by atoms with Gasteiger partial charge in [0.15, 0.2) is 0 Å². The summed E-state index contributed by atoms with van der Waals surface area (Å²) in [5.41, 5.74) is -0.0876. The van der Waals surface area contributed by atoms with Gasteiger partial charge in [-0.1, -0.05) is 18.2 Å². The van der Waals surface area contributed by atoms with Crippen molar-refractivity contribution in [1.82, 2.24) is 9.55 Å². The topological polar surface area (TPSA) is 37.8 Å². The highest BCUT2D eigenvalue weighted by molar-refractivity contribution is 5.77. The zero-order chi connectivity index (χ0) is 12.7. The van der Waals surface area contributed by atoms with Gasteiger partial charge < -0.3 is 4.98 Å². The maximum absolute atomic E-state index is 13.7. The van der Waals surface area contributed by atoms with Gasteiger partial charge in [0.25, 0.3) is 0 Å². The first kappa shape index (κ1) is 10.7. The number of benzene rings is 2. The van der Waals surface area contributed by atoms with E-state index in [0.717, 1.165) is 4.57 Å². The number of fused-ring (bicyclic) bond motifs is 1. The number of nitrogens with zero attached hydrogens (tertiary/aromatic N) is 1. The largest absolute Gasteiger partial charge is 0.331 e. The monoisotopic (exact) mass is 246 g/mol. The van der Waals surface area contributed by atoms with E-state index >= 15 is 0 Å². The molecule has 3 nitrogen and oxygen atoms in total. The standard InChI is InChI=1S/C13H8F2N2O/c14-8-4-1-2-6-10(8)17-11-7-3-5-9(15)12(11)16-13(17)18/h1-7H,(H,16,18). The quantitative estimate of drug-likeness (QED) is 0.704. The first-order valence-corrected chi connectivity index (χ1v) is 5.32. The molecule has 0 spiro atoms. The highest BCUT2D eigenvalue weighted by Gasteiger charge is 2.13. The molecule has 0 amide bonds. The number of rotatable bonds is 1. The lowest BCUT2D eigenvalue weighted by Gasteiger charge is -2.04. The van der Waals surface area contributed by atoms with Gasteiger partial charge in [0.1, 0.15) is 17.2 Å². The van der Waals surface area contributed by atoms with Crippen LogP contribution in [-0.2, 0) is 0 Å². The van der Waals surface area contributed by atoms with Gasteiger partial charge in [-0.15, -0.1) is 0 Å². The van der Waals surface area contributed by atoms with Crippen LogP contribution in [-0.4, -0.2) is 9.55 Å². The molecule has 1 N–H and O–H groups in total. The predicted octanol–water partition coefficient (Wildman–Crippen LogP) is 2.60. The summed E-state index contributed by atoms with van der Waals surface area (Å²) >= 11 is 0. The summed E-state index contributed by atoms with van der Waals surface area (Å²) in [5, 5.41) is 0. The summed E-state index contributed by atoms with van der Waals surface area (Å²) in [5.74, 6) is -1.08. The minimum atomic E-state index is -0.569. The van der Waals surface area contributed by atoms with Gasteiger partial charge in [0.2, 0.25) is 0 Å². The smallest absolute Gasteiger partial charge is 0.303 e. The number of imidazole rings is 1. The zero-order valence-electron chi connectivity index (χ0n) is 9.15. The van der Waals surface area contributed by atoms with E-state index in [0.29, 0.717) is 5.52 Å². The second-order valence-corrected chi connectivity index (χ2v) is 3.85. The minimum Gasteiger partial charge on any atom is -0.303 e. The summed E-state index contributed by atoms with van der Waals surface area (Å²) in [6.07, 6.45) is 0. The molecule has 0 saturated carbocycles. The highest BCUT2D eigenvalue weighted by atomic mass is 19.1. The second kappa shape index (κ2) is 3.80. The van der Waals surface area contributed by atoms with Crippen LogP contribution in [0.2, 0.25) is 0 Å². The van der Waals surface area contributed by atoms with Gasteiger partial charge in [0.05, 0.1) is 11.2 Å². The molecular formula is C13H8F2N2O. The van der Waals surface area contributed by atoms with Gasteiger partial charge in [0, 0.05) is 0 Å². The van der Waals surface area contributed by atoms with Crippen molar-refractivity contribution in [3.05, 3.63) is 64.6 Å². The Morgan fingerprint density at radius 2 is 1.67 bits per heavy atom. The summed E-state index contributed by atoms with van der Waals surface area (Å²) < 4.78 is 28.3. The van der Waals surface area contributed by atoms with Gasteiger partial charge in [-0.25, -0.2) is 13.6 Å². The Hall–Kier alpha value is -2.43. The Bertz CT molecular complexity index is 789. The molecule has 0 unspecified atom stereocenters. The lowest BCUT2D eigenvalue weighted by atomic mass is 10.2. The number of H-pyrrole nitrogens is 1. The van der Waals surface area contributed by atoms with Crippen molar-refractivity contribution in [3.8, 4) is 5.69 Å². The third kappa shape index (κ3) is 1.44. The van der Waals surface area contributed by atoms with Crippen molar-refractivity contribution >= 4 is 11.0 Å². The number of hydrogen-bond donors (Lipinski definition) is 1. The van der Waals surface area contributed by atoms with Gasteiger partial charge >= 0.3 is 5.69 Å². The summed E-state index contributed by atoms with van der Waals surface area (Å²) in [6, 6.07) is 10.1. The fraction of sp³-hybridized carbons (Fsp3) is 0. The molecular weight excluding hydrogens is 238 g/mol. The molecule has 0 aliphatic rings. The molecule has 0 bridgehead atoms. The van der Waals surface area contributed by atoms with E-state index in [1.54, 1.807) is 12.1 Å². The Morgan fingerprint density at radius 3 is 2.44 bits per heavy atom. The predicted molar refractivity (Wildman–Crippen MR) is 63.8 cm³/mol. The van der Waals surface area contributed by atoms with Crippen LogP contribution in [0.15, 0.2) is 47.3 Å². The number of aromatic amines is 1. The average Bonchev–Trinajstić information content (AvgIpc) is 2.68. The van der Waals surface area contributed by atoms with Crippen molar-refractivity contribution in [2.75, 3.05) is 0 Å². The number of halogens is 2. The molecule has 1 aromatic heterocycles. The molecule has 0 aliphatic carbocycles. The van der Waals surface area contributed by atoms with E-state index in [1.165, 1.54) is 30.3 Å². The molecule has 2 aromatic carbocycles. The Morgan fingerprint density at radius 1 is 0.944 bits per heavy atom. The van der Waals surface area contributed by atoms with Crippen molar-refractivity contribution in [2.24, 2.45) is 0 Å². The summed E-state index contributed by atoms with van der Waals surface area (Å²) in [4.78, 5) is 14.2. The molecule has 0 saturated heterocycles. The molecule has 18 heavy (non-hydrogen) atoms. The molecule has 3 aromatic rings. The number of para-hydroxylation sites is 2. The van der Waals surface area contributed by atoms with Gasteiger partial charge in [-0.2, -0.15) is 0 Å². The third-order valence-corrected chi connectivity index (χ3v) is 2.76. The molecule has 0 aliphatic heterocycles. The first-order valence-electron chi connectivity index (χ1n) is 5.32. The van der Waals surface area contributed by atoms with Crippen LogP contribution in [0.1, 0.15) is 0 Å². The van der Waals surface area contributed by atoms with Crippen LogP contribution in [0.5, 0.6) is 0 Å². The molecule has 5 heteroatoms. The first-order chi connectivity index (χ1) is 8.68. The van der Waals surface area contributed by atoms with Crippen LogP contribution >= 0.6 is 0 Å². The SMILES string of the molecule is O=c1[nH]c2c(F)cccc2n1-c1ccccc1F. The van der Waals surface area contributed by atoms with Crippen molar-refractivity contribution < 1.29 is 8.78 Å². The van der Waals surface area contributed by atoms with Crippen molar-refractivity contribution in [3.63, 3.8) is 0 Å². The van der Waals surface area contributed by atoms with Crippen LogP contribution < -0.4 is 5.69 Å².